The van der Waals surface area contributed by atoms with Gasteiger partial charge in [-0.25, -0.2) is 9.37 Å². The van der Waals surface area contributed by atoms with Crippen LogP contribution in [0.15, 0.2) is 12.3 Å². The van der Waals surface area contributed by atoms with Crippen molar-refractivity contribution in [3.8, 4) is 0 Å². The normalized spacial score (nSPS) is 16.0. The molecule has 2 rings (SSSR count). The SMILES string of the molecule is CNc1ncc(F)cc1C(=O)N1CCC(OCCO)CC1. The molecule has 1 aliphatic rings. The molecular weight excluding hydrogens is 277 g/mol. The molecule has 21 heavy (non-hydrogen) atoms. The first-order valence-corrected chi connectivity index (χ1v) is 7.00. The van der Waals surface area contributed by atoms with Crippen molar-refractivity contribution in [2.75, 3.05) is 38.7 Å². The van der Waals surface area contributed by atoms with E-state index in [2.05, 4.69) is 10.3 Å². The number of nitrogens with one attached hydrogen (secondary N) is 1. The Labute approximate surface area is 122 Å². The van der Waals surface area contributed by atoms with Crippen molar-refractivity contribution in [3.63, 3.8) is 0 Å². The number of nitrogens with zero attached hydrogens (tertiary/aromatic N) is 2. The number of carbonyl (C=O) groups excluding carboxylic acids is 1. The number of aliphatic hydroxyl groups excluding tert-OH is 1. The zero-order chi connectivity index (χ0) is 15.2. The number of rotatable bonds is 5. The smallest absolute Gasteiger partial charge is 0.257 e. The van der Waals surface area contributed by atoms with Gasteiger partial charge < -0.3 is 20.1 Å². The Morgan fingerprint density at radius 2 is 2.29 bits per heavy atom. The quantitative estimate of drug-likeness (QED) is 0.844. The van der Waals surface area contributed by atoms with E-state index in [1.165, 1.54) is 6.07 Å². The lowest BCUT2D eigenvalue weighted by atomic mass is 10.1. The number of hydrogen-bond donors (Lipinski definition) is 2. The first-order valence-electron chi connectivity index (χ1n) is 7.00. The molecule has 0 saturated carbocycles. The van der Waals surface area contributed by atoms with E-state index < -0.39 is 5.82 Å². The number of ether oxygens (including phenoxy) is 1. The van der Waals surface area contributed by atoms with Crippen LogP contribution in [-0.2, 0) is 4.74 Å². The number of halogens is 1. The van der Waals surface area contributed by atoms with Crippen molar-refractivity contribution in [2.24, 2.45) is 0 Å². The highest BCUT2D eigenvalue weighted by atomic mass is 19.1. The maximum atomic E-state index is 13.3. The zero-order valence-electron chi connectivity index (χ0n) is 12.0. The van der Waals surface area contributed by atoms with Gasteiger partial charge in [-0.1, -0.05) is 0 Å². The average Bonchev–Trinajstić information content (AvgIpc) is 2.52. The Morgan fingerprint density at radius 1 is 1.57 bits per heavy atom. The molecule has 1 aliphatic heterocycles. The van der Waals surface area contributed by atoms with Crippen LogP contribution in [0.25, 0.3) is 0 Å². The minimum Gasteiger partial charge on any atom is -0.394 e. The maximum Gasteiger partial charge on any atom is 0.257 e. The molecule has 1 amide bonds. The zero-order valence-corrected chi connectivity index (χ0v) is 12.0. The van der Waals surface area contributed by atoms with Crippen molar-refractivity contribution in [1.82, 2.24) is 9.88 Å². The van der Waals surface area contributed by atoms with Crippen LogP contribution in [0.5, 0.6) is 0 Å². The highest BCUT2D eigenvalue weighted by molar-refractivity contribution is 5.98. The average molecular weight is 297 g/mol. The summed E-state index contributed by atoms with van der Waals surface area (Å²) in [5, 5.41) is 11.5. The minimum absolute atomic E-state index is 0.000361. The molecule has 116 valence electrons. The molecule has 1 aromatic rings. The lowest BCUT2D eigenvalue weighted by Crippen LogP contribution is -2.41. The highest BCUT2D eigenvalue weighted by Gasteiger charge is 2.26. The van der Waals surface area contributed by atoms with Gasteiger partial charge in [-0.05, 0) is 18.9 Å². The Hall–Kier alpha value is -1.73. The predicted molar refractivity (Wildman–Crippen MR) is 75.7 cm³/mol. The van der Waals surface area contributed by atoms with Crippen molar-refractivity contribution in [3.05, 3.63) is 23.6 Å². The van der Waals surface area contributed by atoms with E-state index in [4.69, 9.17) is 9.84 Å². The van der Waals surface area contributed by atoms with Crippen molar-refractivity contribution in [1.29, 1.82) is 0 Å². The van der Waals surface area contributed by atoms with Gasteiger partial charge >= 0.3 is 0 Å². The number of pyridine rings is 1. The van der Waals surface area contributed by atoms with Crippen LogP contribution < -0.4 is 5.32 Å². The summed E-state index contributed by atoms with van der Waals surface area (Å²) in [6.45, 7) is 1.42. The number of anilines is 1. The summed E-state index contributed by atoms with van der Waals surface area (Å²) in [5.74, 6) is -0.384. The topological polar surface area (TPSA) is 74.7 Å². The summed E-state index contributed by atoms with van der Waals surface area (Å²) >= 11 is 0. The van der Waals surface area contributed by atoms with E-state index in [1.807, 2.05) is 0 Å². The minimum atomic E-state index is -0.529. The second-order valence-electron chi connectivity index (χ2n) is 4.89. The number of hydrogen-bond acceptors (Lipinski definition) is 5. The lowest BCUT2D eigenvalue weighted by Gasteiger charge is -2.32. The number of likely N-dealkylation sites (tertiary alicyclic amines) is 1. The molecule has 7 heteroatoms. The number of aromatic nitrogens is 1. The van der Waals surface area contributed by atoms with Crippen LogP contribution >= 0.6 is 0 Å². The van der Waals surface area contributed by atoms with E-state index in [0.29, 0.717) is 38.4 Å². The number of piperidine rings is 1. The second-order valence-corrected chi connectivity index (χ2v) is 4.89. The molecular formula is C14H20FN3O3. The van der Waals surface area contributed by atoms with Gasteiger partial charge in [0.05, 0.1) is 31.1 Å². The molecule has 0 aromatic carbocycles. The van der Waals surface area contributed by atoms with Crippen LogP contribution in [0.3, 0.4) is 0 Å². The molecule has 1 aromatic heterocycles. The van der Waals surface area contributed by atoms with E-state index in [9.17, 15) is 9.18 Å². The largest absolute Gasteiger partial charge is 0.394 e. The van der Waals surface area contributed by atoms with E-state index in [1.54, 1.807) is 11.9 Å². The molecule has 2 heterocycles. The van der Waals surface area contributed by atoms with E-state index in [-0.39, 0.29) is 24.2 Å². The second kappa shape index (κ2) is 7.33. The van der Waals surface area contributed by atoms with Gasteiger partial charge in [0.25, 0.3) is 5.91 Å². The summed E-state index contributed by atoms with van der Waals surface area (Å²) in [5.41, 5.74) is 0.243. The fourth-order valence-electron chi connectivity index (χ4n) is 2.42. The van der Waals surface area contributed by atoms with Gasteiger partial charge in [0.1, 0.15) is 11.6 Å². The number of aliphatic hydroxyl groups is 1. The summed E-state index contributed by atoms with van der Waals surface area (Å²) < 4.78 is 18.8. The molecule has 0 atom stereocenters. The van der Waals surface area contributed by atoms with Crippen molar-refractivity contribution >= 4 is 11.7 Å². The summed E-state index contributed by atoms with van der Waals surface area (Å²) in [6.07, 6.45) is 2.57. The third-order valence-corrected chi connectivity index (χ3v) is 3.50. The van der Waals surface area contributed by atoms with Crippen LogP contribution in [0.2, 0.25) is 0 Å². The summed E-state index contributed by atoms with van der Waals surface area (Å²) in [7, 11) is 1.64. The Morgan fingerprint density at radius 3 is 2.90 bits per heavy atom. The highest BCUT2D eigenvalue weighted by Crippen LogP contribution is 2.20. The van der Waals surface area contributed by atoms with Gasteiger partial charge in [0, 0.05) is 20.1 Å². The molecule has 0 radical (unpaired) electrons. The van der Waals surface area contributed by atoms with Gasteiger partial charge in [-0.15, -0.1) is 0 Å². The van der Waals surface area contributed by atoms with Crippen molar-refractivity contribution < 1.29 is 19.0 Å². The molecule has 2 N–H and O–H groups in total. The number of amides is 1. The standard InChI is InChI=1S/C14H20FN3O3/c1-16-13-12(8-10(15)9-17-13)14(20)18-4-2-11(3-5-18)21-7-6-19/h8-9,11,19H,2-7H2,1H3,(H,16,17). The van der Waals surface area contributed by atoms with Gasteiger partial charge in [-0.2, -0.15) is 0 Å². The van der Waals surface area contributed by atoms with Crippen LogP contribution in [0.4, 0.5) is 10.2 Å². The molecule has 1 fully saturated rings. The maximum absolute atomic E-state index is 13.3. The Bertz CT molecular complexity index is 490. The van der Waals surface area contributed by atoms with E-state index >= 15 is 0 Å². The first kappa shape index (κ1) is 15.7. The van der Waals surface area contributed by atoms with Crippen LogP contribution in [0, 0.1) is 5.82 Å². The number of carbonyl (C=O) groups is 1. The van der Waals surface area contributed by atoms with Crippen molar-refractivity contribution in [2.45, 2.75) is 18.9 Å². The predicted octanol–water partition coefficient (Wildman–Crippen LogP) is 0.876. The fraction of sp³-hybridized carbons (Fsp3) is 0.571. The Balaban J connectivity index is 2.00. The lowest BCUT2D eigenvalue weighted by molar-refractivity contribution is -0.00553. The molecule has 0 spiro atoms. The van der Waals surface area contributed by atoms with Gasteiger partial charge in [-0.3, -0.25) is 4.79 Å². The van der Waals surface area contributed by atoms with Gasteiger partial charge in [0.2, 0.25) is 0 Å². The monoisotopic (exact) mass is 297 g/mol. The van der Waals surface area contributed by atoms with Gasteiger partial charge in [0.15, 0.2) is 0 Å². The molecule has 6 nitrogen and oxygen atoms in total. The molecule has 0 aliphatic carbocycles. The molecule has 1 saturated heterocycles. The summed E-state index contributed by atoms with van der Waals surface area (Å²) in [6, 6.07) is 1.20. The third kappa shape index (κ3) is 3.89. The third-order valence-electron chi connectivity index (χ3n) is 3.50. The molecule has 0 bridgehead atoms. The first-order chi connectivity index (χ1) is 10.2. The Kier molecular flexibility index (Phi) is 5.46. The van der Waals surface area contributed by atoms with Crippen LogP contribution in [-0.4, -0.2) is 60.4 Å². The summed E-state index contributed by atoms with van der Waals surface area (Å²) in [4.78, 5) is 18.0. The van der Waals surface area contributed by atoms with Crippen LogP contribution in [0.1, 0.15) is 23.2 Å². The fourth-order valence-corrected chi connectivity index (χ4v) is 2.42. The van der Waals surface area contributed by atoms with E-state index in [0.717, 1.165) is 6.20 Å². The molecule has 0 unspecified atom stereocenters.